The summed E-state index contributed by atoms with van der Waals surface area (Å²) in [6, 6.07) is 11.0. The van der Waals surface area contributed by atoms with E-state index in [2.05, 4.69) is 22.0 Å². The molecule has 1 aliphatic heterocycles. The normalized spacial score (nSPS) is 21.2. The van der Waals surface area contributed by atoms with E-state index in [1.165, 1.54) is 19.0 Å². The minimum Gasteiger partial charge on any atom is -0.436 e. The third kappa shape index (κ3) is 6.44. The van der Waals surface area contributed by atoms with E-state index in [0.29, 0.717) is 19.4 Å². The van der Waals surface area contributed by atoms with E-state index in [4.69, 9.17) is 4.74 Å². The van der Waals surface area contributed by atoms with Crippen LogP contribution in [0.1, 0.15) is 38.7 Å². The van der Waals surface area contributed by atoms with Crippen LogP contribution < -0.4 is 16.0 Å². The zero-order valence-corrected chi connectivity index (χ0v) is 19.2. The van der Waals surface area contributed by atoms with E-state index in [1.807, 2.05) is 44.2 Å². The molecule has 9 nitrogen and oxygen atoms in total. The number of alkyl carbamates (subject to hydrolysis) is 1. The highest BCUT2D eigenvalue weighted by atomic mass is 16.6. The number of amides is 3. The first kappa shape index (κ1) is 25.1. The molecule has 174 valence electrons. The molecule has 0 spiro atoms. The summed E-state index contributed by atoms with van der Waals surface area (Å²) in [5.74, 6) is -0.600. The summed E-state index contributed by atoms with van der Waals surface area (Å²) in [4.78, 5) is 39.2. The van der Waals surface area contributed by atoms with Crippen molar-refractivity contribution >= 4 is 17.9 Å². The van der Waals surface area contributed by atoms with Gasteiger partial charge >= 0.3 is 6.09 Å². The summed E-state index contributed by atoms with van der Waals surface area (Å²) < 4.78 is 5.50. The van der Waals surface area contributed by atoms with Crippen molar-refractivity contribution < 1.29 is 19.1 Å². The predicted molar refractivity (Wildman–Crippen MR) is 119 cm³/mol. The smallest absolute Gasteiger partial charge is 0.408 e. The number of nitriles is 1. The number of benzene rings is 1. The fourth-order valence-corrected chi connectivity index (χ4v) is 3.80. The Morgan fingerprint density at radius 3 is 2.59 bits per heavy atom. The maximum Gasteiger partial charge on any atom is 0.408 e. The van der Waals surface area contributed by atoms with Crippen LogP contribution in [0.5, 0.6) is 0 Å². The lowest BCUT2D eigenvalue weighted by molar-refractivity contribution is -0.146. The van der Waals surface area contributed by atoms with Gasteiger partial charge in [0.05, 0.1) is 12.1 Å². The van der Waals surface area contributed by atoms with Crippen molar-refractivity contribution in [1.82, 2.24) is 20.9 Å². The Balaban J connectivity index is 2.11. The molecular formula is C23H33N5O4. The van der Waals surface area contributed by atoms with Crippen molar-refractivity contribution in [3.8, 4) is 6.07 Å². The number of nitrogens with zero attached hydrogens (tertiary/aromatic N) is 2. The lowest BCUT2D eigenvalue weighted by Gasteiger charge is -2.43. The molecule has 3 atom stereocenters. The highest BCUT2D eigenvalue weighted by molar-refractivity contribution is 5.85. The number of carbonyl (C=O) groups excluding carboxylic acids is 3. The van der Waals surface area contributed by atoms with Crippen molar-refractivity contribution in [3.63, 3.8) is 0 Å². The molecule has 1 aromatic carbocycles. The summed E-state index contributed by atoms with van der Waals surface area (Å²) in [6.07, 6.45) is -0.885. The maximum atomic E-state index is 13.3. The van der Waals surface area contributed by atoms with E-state index in [0.717, 1.165) is 5.56 Å². The zero-order valence-electron chi connectivity index (χ0n) is 19.2. The number of hydrogen-bond donors (Lipinski definition) is 3. The fourth-order valence-electron chi connectivity index (χ4n) is 3.80. The first-order valence-electron chi connectivity index (χ1n) is 10.8. The number of carbonyl (C=O) groups is 3. The minimum absolute atomic E-state index is 0.0870. The summed E-state index contributed by atoms with van der Waals surface area (Å²) in [5.41, 5.74) is -0.259. The number of hydrogen-bond acceptors (Lipinski definition) is 6. The Hall–Kier alpha value is -3.12. The Labute approximate surface area is 189 Å². The van der Waals surface area contributed by atoms with E-state index in [-0.39, 0.29) is 24.8 Å². The molecule has 1 fully saturated rings. The second-order valence-corrected chi connectivity index (χ2v) is 8.48. The van der Waals surface area contributed by atoms with Crippen molar-refractivity contribution in [1.29, 1.82) is 5.26 Å². The summed E-state index contributed by atoms with van der Waals surface area (Å²) in [5, 5.41) is 18.3. The van der Waals surface area contributed by atoms with Crippen LogP contribution in [-0.4, -0.2) is 61.1 Å². The average Bonchev–Trinajstić information content (AvgIpc) is 2.81. The number of likely N-dealkylation sites (N-methyl/N-ethyl adjacent to an activating group) is 2. The van der Waals surface area contributed by atoms with Gasteiger partial charge in [-0.3, -0.25) is 9.59 Å². The van der Waals surface area contributed by atoms with Crippen molar-refractivity contribution in [2.75, 3.05) is 20.6 Å². The summed E-state index contributed by atoms with van der Waals surface area (Å²) in [6.45, 7) is 4.55. The third-order valence-corrected chi connectivity index (χ3v) is 5.70. The molecule has 3 amide bonds. The van der Waals surface area contributed by atoms with Crippen molar-refractivity contribution in [2.24, 2.45) is 5.92 Å². The molecule has 9 heteroatoms. The van der Waals surface area contributed by atoms with Gasteiger partial charge in [-0.1, -0.05) is 44.2 Å². The quantitative estimate of drug-likeness (QED) is 0.560. The molecule has 0 bridgehead atoms. The van der Waals surface area contributed by atoms with Crippen LogP contribution >= 0.6 is 0 Å². The van der Waals surface area contributed by atoms with E-state index < -0.39 is 29.7 Å². The van der Waals surface area contributed by atoms with Crippen LogP contribution in [0.25, 0.3) is 0 Å². The van der Waals surface area contributed by atoms with Gasteiger partial charge in [-0.2, -0.15) is 5.26 Å². The van der Waals surface area contributed by atoms with Crippen molar-refractivity contribution in [2.45, 2.75) is 57.3 Å². The predicted octanol–water partition coefficient (Wildman–Crippen LogP) is 1.55. The first-order valence-corrected chi connectivity index (χ1v) is 10.8. The summed E-state index contributed by atoms with van der Waals surface area (Å²) >= 11 is 0. The van der Waals surface area contributed by atoms with Crippen LogP contribution in [0.2, 0.25) is 0 Å². The number of rotatable bonds is 8. The maximum absolute atomic E-state index is 13.3. The average molecular weight is 444 g/mol. The van der Waals surface area contributed by atoms with Gasteiger partial charge in [0.25, 0.3) is 5.91 Å². The molecule has 1 aromatic rings. The Morgan fingerprint density at radius 2 is 2.00 bits per heavy atom. The summed E-state index contributed by atoms with van der Waals surface area (Å²) in [7, 11) is 3.07. The van der Waals surface area contributed by atoms with Gasteiger partial charge in [-0.15, -0.1) is 0 Å². The van der Waals surface area contributed by atoms with Crippen LogP contribution in [0, 0.1) is 17.2 Å². The molecule has 0 aromatic heterocycles. The molecule has 1 aliphatic rings. The van der Waals surface area contributed by atoms with E-state index in [9.17, 15) is 19.6 Å². The second kappa shape index (κ2) is 11.5. The SMILES string of the molecule is CNC(=O)C1CC(C#N)(N(C)C(=O)C(CC(C)C)OC(=O)NCc2ccccc2)CCN1. The van der Waals surface area contributed by atoms with Crippen molar-refractivity contribution in [3.05, 3.63) is 35.9 Å². The van der Waals surface area contributed by atoms with Crippen LogP contribution in [0.3, 0.4) is 0 Å². The van der Waals surface area contributed by atoms with E-state index >= 15 is 0 Å². The van der Waals surface area contributed by atoms with Gasteiger partial charge in [0.15, 0.2) is 6.10 Å². The Bertz CT molecular complexity index is 839. The molecule has 2 rings (SSSR count). The zero-order chi connectivity index (χ0) is 23.7. The Morgan fingerprint density at radius 1 is 1.31 bits per heavy atom. The van der Waals surface area contributed by atoms with E-state index in [1.54, 1.807) is 0 Å². The van der Waals surface area contributed by atoms with Crippen LogP contribution in [-0.2, 0) is 20.9 Å². The molecule has 0 radical (unpaired) electrons. The van der Waals surface area contributed by atoms with Crippen LogP contribution in [0.15, 0.2) is 30.3 Å². The number of nitrogens with one attached hydrogen (secondary N) is 3. The lowest BCUT2D eigenvalue weighted by atomic mass is 9.83. The molecule has 0 saturated carbocycles. The monoisotopic (exact) mass is 443 g/mol. The molecule has 3 unspecified atom stereocenters. The second-order valence-electron chi connectivity index (χ2n) is 8.48. The third-order valence-electron chi connectivity index (χ3n) is 5.70. The molecular weight excluding hydrogens is 410 g/mol. The Kier molecular flexibility index (Phi) is 9.02. The van der Waals surface area contributed by atoms with Gasteiger partial charge in [0.2, 0.25) is 5.91 Å². The lowest BCUT2D eigenvalue weighted by Crippen LogP contribution is -2.62. The molecule has 1 saturated heterocycles. The highest BCUT2D eigenvalue weighted by Gasteiger charge is 2.46. The van der Waals surface area contributed by atoms with Gasteiger partial charge in [-0.25, -0.2) is 4.79 Å². The van der Waals surface area contributed by atoms with Crippen LogP contribution in [0.4, 0.5) is 4.79 Å². The topological polar surface area (TPSA) is 124 Å². The van der Waals surface area contributed by atoms with Gasteiger partial charge in [0.1, 0.15) is 5.54 Å². The van der Waals surface area contributed by atoms with Gasteiger partial charge in [-0.05, 0) is 30.9 Å². The molecule has 32 heavy (non-hydrogen) atoms. The largest absolute Gasteiger partial charge is 0.436 e. The minimum atomic E-state index is -1.17. The van der Waals surface area contributed by atoms with Gasteiger partial charge in [0, 0.05) is 27.1 Å². The number of piperidine rings is 1. The first-order chi connectivity index (χ1) is 15.2. The fraction of sp³-hybridized carbons (Fsp3) is 0.565. The highest BCUT2D eigenvalue weighted by Crippen LogP contribution is 2.29. The molecule has 0 aliphatic carbocycles. The number of ether oxygens (including phenoxy) is 1. The molecule has 3 N–H and O–H groups in total. The van der Waals surface area contributed by atoms with Gasteiger partial charge < -0.3 is 25.6 Å². The standard InChI is InChI=1S/C23H33N5O4/c1-16(2)12-19(32-22(31)27-14-17-8-6-5-7-9-17)21(30)28(4)23(15-24)10-11-26-18(13-23)20(29)25-3/h5-9,16,18-19,26H,10-14H2,1-4H3,(H,25,29)(H,27,31). The molecule has 1 heterocycles.